The van der Waals surface area contributed by atoms with Gasteiger partial charge >= 0.3 is 0 Å². The summed E-state index contributed by atoms with van der Waals surface area (Å²) in [5.74, 6) is 0.524. The lowest BCUT2D eigenvalue weighted by Crippen LogP contribution is -2.33. The minimum atomic E-state index is -3.47. The third kappa shape index (κ3) is 2.87. The van der Waals surface area contributed by atoms with Gasteiger partial charge in [-0.25, -0.2) is 8.42 Å². The van der Waals surface area contributed by atoms with Gasteiger partial charge in [0.05, 0.1) is 5.69 Å². The molecule has 1 saturated carbocycles. The number of nitrogens with zero attached hydrogens (tertiary/aromatic N) is 1. The summed E-state index contributed by atoms with van der Waals surface area (Å²) in [5.41, 5.74) is 6.10. The van der Waals surface area contributed by atoms with E-state index in [1.807, 2.05) is 6.92 Å². The molecule has 0 radical (unpaired) electrons. The minimum absolute atomic E-state index is 0.202. The molecule has 2 N–H and O–H groups in total. The van der Waals surface area contributed by atoms with Crippen molar-refractivity contribution in [1.29, 1.82) is 0 Å². The standard InChI is InChI=1S/C12H17BrN2O2S/c1-2-15(8-9-3-4-9)18(16,17)12-6-5-10(13)7-11(12)14/h5-7,9H,2-4,8,14H2,1H3. The Kier molecular flexibility index (Phi) is 3.99. The van der Waals surface area contributed by atoms with Crippen LogP contribution in [0.4, 0.5) is 5.69 Å². The van der Waals surface area contributed by atoms with Crippen molar-refractivity contribution in [3.8, 4) is 0 Å². The van der Waals surface area contributed by atoms with Gasteiger partial charge in [0.15, 0.2) is 0 Å². The van der Waals surface area contributed by atoms with E-state index in [1.165, 1.54) is 4.31 Å². The number of nitrogens with two attached hydrogens (primary N) is 1. The van der Waals surface area contributed by atoms with Crippen molar-refractivity contribution in [3.05, 3.63) is 22.7 Å². The molecule has 1 aromatic rings. The predicted molar refractivity (Wildman–Crippen MR) is 75.7 cm³/mol. The largest absolute Gasteiger partial charge is 0.398 e. The summed E-state index contributed by atoms with van der Waals surface area (Å²) in [7, 11) is -3.47. The SMILES string of the molecule is CCN(CC1CC1)S(=O)(=O)c1ccc(Br)cc1N. The second-order valence-corrected chi connectivity index (χ2v) is 7.40. The Bertz CT molecular complexity index is 541. The van der Waals surface area contributed by atoms with Crippen LogP contribution < -0.4 is 5.73 Å². The minimum Gasteiger partial charge on any atom is -0.398 e. The quantitative estimate of drug-likeness (QED) is 0.842. The first-order valence-corrected chi connectivity index (χ1v) is 8.23. The van der Waals surface area contributed by atoms with Gasteiger partial charge in [0.2, 0.25) is 10.0 Å². The van der Waals surface area contributed by atoms with Crippen LogP contribution in [0, 0.1) is 5.92 Å². The van der Waals surface area contributed by atoms with Crippen LogP contribution in [0.15, 0.2) is 27.6 Å². The molecule has 0 amide bonds. The van der Waals surface area contributed by atoms with Crippen molar-refractivity contribution in [2.24, 2.45) is 5.92 Å². The molecule has 0 aromatic heterocycles. The van der Waals surface area contributed by atoms with E-state index in [0.29, 0.717) is 24.7 Å². The highest BCUT2D eigenvalue weighted by Crippen LogP contribution is 2.32. The zero-order valence-corrected chi connectivity index (χ0v) is 12.7. The van der Waals surface area contributed by atoms with Crippen LogP contribution in [-0.2, 0) is 10.0 Å². The van der Waals surface area contributed by atoms with E-state index in [9.17, 15) is 8.42 Å². The van der Waals surface area contributed by atoms with Gasteiger partial charge in [-0.1, -0.05) is 22.9 Å². The van der Waals surface area contributed by atoms with Crippen molar-refractivity contribution in [3.63, 3.8) is 0 Å². The fourth-order valence-electron chi connectivity index (χ4n) is 1.88. The molecule has 0 saturated heterocycles. The monoisotopic (exact) mass is 332 g/mol. The van der Waals surface area contributed by atoms with Crippen LogP contribution in [0.1, 0.15) is 19.8 Å². The van der Waals surface area contributed by atoms with Gasteiger partial charge in [-0.05, 0) is 37.0 Å². The molecule has 0 spiro atoms. The summed E-state index contributed by atoms with van der Waals surface area (Å²) >= 11 is 3.28. The maximum Gasteiger partial charge on any atom is 0.245 e. The summed E-state index contributed by atoms with van der Waals surface area (Å²) < 4.78 is 27.3. The smallest absolute Gasteiger partial charge is 0.245 e. The molecule has 4 nitrogen and oxygen atoms in total. The van der Waals surface area contributed by atoms with Crippen LogP contribution >= 0.6 is 15.9 Å². The predicted octanol–water partition coefficient (Wildman–Crippen LogP) is 2.45. The summed E-state index contributed by atoms with van der Waals surface area (Å²) in [4.78, 5) is 0.202. The fourth-order valence-corrected chi connectivity index (χ4v) is 3.88. The van der Waals surface area contributed by atoms with Gasteiger partial charge in [0.25, 0.3) is 0 Å². The lowest BCUT2D eigenvalue weighted by Gasteiger charge is -2.21. The Morgan fingerprint density at radius 2 is 2.11 bits per heavy atom. The van der Waals surface area contributed by atoms with Crippen molar-refractivity contribution in [2.75, 3.05) is 18.8 Å². The molecule has 100 valence electrons. The Morgan fingerprint density at radius 3 is 2.61 bits per heavy atom. The van der Waals surface area contributed by atoms with Gasteiger partial charge in [0.1, 0.15) is 4.90 Å². The van der Waals surface area contributed by atoms with Gasteiger partial charge < -0.3 is 5.73 Å². The lowest BCUT2D eigenvalue weighted by atomic mass is 10.3. The molecule has 1 aliphatic carbocycles. The Hall–Kier alpha value is -0.590. The van der Waals surface area contributed by atoms with E-state index in [4.69, 9.17) is 5.73 Å². The summed E-state index contributed by atoms with van der Waals surface area (Å²) in [5, 5.41) is 0. The Labute approximate surface area is 116 Å². The molecule has 1 fully saturated rings. The second-order valence-electron chi connectivity index (χ2n) is 4.58. The summed E-state index contributed by atoms with van der Waals surface area (Å²) in [6.07, 6.45) is 2.25. The molecule has 1 aliphatic rings. The van der Waals surface area contributed by atoms with E-state index in [0.717, 1.165) is 17.3 Å². The van der Waals surface area contributed by atoms with Crippen molar-refractivity contribution < 1.29 is 8.42 Å². The summed E-state index contributed by atoms with van der Waals surface area (Å²) in [6.45, 7) is 2.94. The number of benzene rings is 1. The number of rotatable bonds is 5. The van der Waals surface area contributed by atoms with Crippen molar-refractivity contribution in [2.45, 2.75) is 24.7 Å². The molecule has 0 heterocycles. The first-order valence-electron chi connectivity index (χ1n) is 6.00. The van der Waals surface area contributed by atoms with Crippen LogP contribution in [-0.4, -0.2) is 25.8 Å². The van der Waals surface area contributed by atoms with Crippen LogP contribution in [0.5, 0.6) is 0 Å². The highest BCUT2D eigenvalue weighted by molar-refractivity contribution is 9.10. The zero-order chi connectivity index (χ0) is 13.3. The Balaban J connectivity index is 2.32. The first kappa shape index (κ1) is 13.8. The van der Waals surface area contributed by atoms with E-state index < -0.39 is 10.0 Å². The van der Waals surface area contributed by atoms with Gasteiger partial charge in [0, 0.05) is 17.6 Å². The highest BCUT2D eigenvalue weighted by atomic mass is 79.9. The van der Waals surface area contributed by atoms with Crippen LogP contribution in [0.3, 0.4) is 0 Å². The van der Waals surface area contributed by atoms with Crippen molar-refractivity contribution >= 4 is 31.6 Å². The molecular formula is C12H17BrN2O2S. The van der Waals surface area contributed by atoms with Gasteiger partial charge in [-0.15, -0.1) is 0 Å². The summed E-state index contributed by atoms with van der Waals surface area (Å²) in [6, 6.07) is 4.89. The third-order valence-corrected chi connectivity index (χ3v) is 5.61. The number of halogens is 1. The molecule has 2 rings (SSSR count). The highest BCUT2D eigenvalue weighted by Gasteiger charge is 2.31. The normalized spacial score (nSPS) is 16.2. The zero-order valence-electron chi connectivity index (χ0n) is 10.3. The molecule has 18 heavy (non-hydrogen) atoms. The molecule has 0 aliphatic heterocycles. The molecule has 0 unspecified atom stereocenters. The number of hydrogen-bond donors (Lipinski definition) is 1. The van der Waals surface area contributed by atoms with Gasteiger partial charge in [-0.3, -0.25) is 0 Å². The van der Waals surface area contributed by atoms with E-state index in [2.05, 4.69) is 15.9 Å². The molecule has 1 aromatic carbocycles. The third-order valence-electron chi connectivity index (χ3n) is 3.10. The number of anilines is 1. The average Bonchev–Trinajstić information content (AvgIpc) is 3.08. The lowest BCUT2D eigenvalue weighted by molar-refractivity contribution is 0.412. The van der Waals surface area contributed by atoms with E-state index >= 15 is 0 Å². The molecule has 6 heteroatoms. The van der Waals surface area contributed by atoms with Crippen LogP contribution in [0.2, 0.25) is 0 Å². The first-order chi connectivity index (χ1) is 8.45. The maximum atomic E-state index is 12.5. The van der Waals surface area contributed by atoms with E-state index in [1.54, 1.807) is 18.2 Å². The topological polar surface area (TPSA) is 63.4 Å². The molecule has 0 bridgehead atoms. The number of sulfonamides is 1. The molecular weight excluding hydrogens is 316 g/mol. The van der Waals surface area contributed by atoms with E-state index in [-0.39, 0.29) is 4.90 Å². The fraction of sp³-hybridized carbons (Fsp3) is 0.500. The van der Waals surface area contributed by atoms with Gasteiger partial charge in [-0.2, -0.15) is 4.31 Å². The number of hydrogen-bond acceptors (Lipinski definition) is 3. The second kappa shape index (κ2) is 5.19. The molecule has 0 atom stereocenters. The average molecular weight is 333 g/mol. The van der Waals surface area contributed by atoms with Crippen LogP contribution in [0.25, 0.3) is 0 Å². The maximum absolute atomic E-state index is 12.5. The van der Waals surface area contributed by atoms with Crippen molar-refractivity contribution in [1.82, 2.24) is 4.31 Å². The Morgan fingerprint density at radius 1 is 1.44 bits per heavy atom. The number of nitrogen functional groups attached to an aromatic ring is 1.